The normalized spacial score (nSPS) is 12.0. The third-order valence-electron chi connectivity index (χ3n) is 3.37. The lowest BCUT2D eigenvalue weighted by Gasteiger charge is -2.15. The summed E-state index contributed by atoms with van der Waals surface area (Å²) in [5.41, 5.74) is 3.15. The van der Waals surface area contributed by atoms with Crippen LogP contribution in [-0.4, -0.2) is 24.5 Å². The molecule has 2 aromatic rings. The molecule has 2 aromatic carbocycles. The monoisotopic (exact) mass is 400 g/mol. The summed E-state index contributed by atoms with van der Waals surface area (Å²) < 4.78 is 61.4. The highest BCUT2D eigenvalue weighted by Gasteiger charge is 2.30. The molecule has 6 nitrogen and oxygen atoms in total. The fourth-order valence-corrected chi connectivity index (χ4v) is 1.96. The van der Waals surface area contributed by atoms with Gasteiger partial charge in [-0.3, -0.25) is 20.4 Å². The van der Waals surface area contributed by atoms with Crippen LogP contribution in [0, 0.1) is 5.82 Å². The van der Waals surface area contributed by atoms with E-state index in [2.05, 4.69) is 0 Å². The van der Waals surface area contributed by atoms with Crippen LogP contribution >= 0.6 is 0 Å². The molecular weight excluding hydrogens is 384 g/mol. The molecule has 10 heteroatoms. The second-order valence-corrected chi connectivity index (χ2v) is 5.54. The average molecular weight is 400 g/mol. The minimum Gasteiger partial charge on any atom is -0.484 e. The Balaban J connectivity index is 1.79. The molecule has 0 fully saturated rings. The zero-order valence-electron chi connectivity index (χ0n) is 14.5. The standard InChI is InChI=1S/C18H16F4N2O4/c1-11(28-15-8-3-2-7-14(15)19)17(26)24-23-16(25)10-27-13-6-4-5-12(9-13)18(20,21)22/h2-9,11H,10H2,1H3,(H,23,25)(H,24,26)/t11-/m0/s1. The Labute approximate surface area is 157 Å². The number of rotatable bonds is 6. The van der Waals surface area contributed by atoms with Gasteiger partial charge in [0.05, 0.1) is 5.56 Å². The topological polar surface area (TPSA) is 76.7 Å². The van der Waals surface area contributed by atoms with Crippen molar-refractivity contribution in [3.8, 4) is 11.5 Å². The zero-order chi connectivity index (χ0) is 20.7. The first-order chi connectivity index (χ1) is 13.2. The molecule has 28 heavy (non-hydrogen) atoms. The Kier molecular flexibility index (Phi) is 6.80. The Morgan fingerprint density at radius 3 is 2.46 bits per heavy atom. The molecule has 0 unspecified atom stereocenters. The second-order valence-electron chi connectivity index (χ2n) is 5.54. The number of nitrogens with one attached hydrogen (secondary N) is 2. The second kappa shape index (κ2) is 9.07. The van der Waals surface area contributed by atoms with Gasteiger partial charge in [0.25, 0.3) is 11.8 Å². The van der Waals surface area contributed by atoms with Gasteiger partial charge in [-0.1, -0.05) is 18.2 Å². The highest BCUT2D eigenvalue weighted by molar-refractivity contribution is 5.85. The van der Waals surface area contributed by atoms with Crippen molar-refractivity contribution in [1.82, 2.24) is 10.9 Å². The predicted molar refractivity (Wildman–Crippen MR) is 89.7 cm³/mol. The number of hydrogen-bond acceptors (Lipinski definition) is 4. The summed E-state index contributed by atoms with van der Waals surface area (Å²) in [4.78, 5) is 23.5. The summed E-state index contributed by atoms with van der Waals surface area (Å²) in [6.07, 6.45) is -5.66. The Bertz CT molecular complexity index is 842. The van der Waals surface area contributed by atoms with E-state index in [-0.39, 0.29) is 11.5 Å². The molecule has 0 aliphatic heterocycles. The fourth-order valence-electron chi connectivity index (χ4n) is 1.96. The lowest BCUT2D eigenvalue weighted by atomic mass is 10.2. The van der Waals surface area contributed by atoms with E-state index in [1.807, 2.05) is 10.9 Å². The highest BCUT2D eigenvalue weighted by atomic mass is 19.4. The maximum atomic E-state index is 13.5. The van der Waals surface area contributed by atoms with Gasteiger partial charge in [0, 0.05) is 0 Å². The van der Waals surface area contributed by atoms with Crippen LogP contribution in [0.15, 0.2) is 48.5 Å². The Morgan fingerprint density at radius 2 is 1.79 bits per heavy atom. The van der Waals surface area contributed by atoms with Gasteiger partial charge in [-0.15, -0.1) is 0 Å². The van der Waals surface area contributed by atoms with Crippen molar-refractivity contribution in [3.05, 3.63) is 59.9 Å². The molecule has 0 aromatic heterocycles. The van der Waals surface area contributed by atoms with E-state index in [9.17, 15) is 27.2 Å². The molecular formula is C18H16F4N2O4. The number of ether oxygens (including phenoxy) is 2. The van der Waals surface area contributed by atoms with Crippen LogP contribution in [0.3, 0.4) is 0 Å². The zero-order valence-corrected chi connectivity index (χ0v) is 14.5. The Morgan fingerprint density at radius 1 is 1.07 bits per heavy atom. The van der Waals surface area contributed by atoms with Crippen molar-refractivity contribution in [2.75, 3.05) is 6.61 Å². The first kappa shape index (κ1) is 21.0. The summed E-state index contributed by atoms with van der Waals surface area (Å²) >= 11 is 0. The molecule has 0 bridgehead atoms. The maximum absolute atomic E-state index is 13.5. The lowest BCUT2D eigenvalue weighted by Crippen LogP contribution is -2.48. The average Bonchev–Trinajstić information content (AvgIpc) is 2.65. The van der Waals surface area contributed by atoms with E-state index in [0.29, 0.717) is 0 Å². The predicted octanol–water partition coefficient (Wildman–Crippen LogP) is 2.84. The van der Waals surface area contributed by atoms with E-state index in [1.165, 1.54) is 31.2 Å². The number of amides is 2. The minimum absolute atomic E-state index is 0.135. The van der Waals surface area contributed by atoms with Crippen molar-refractivity contribution < 1.29 is 36.6 Å². The summed E-state index contributed by atoms with van der Waals surface area (Å²) in [7, 11) is 0. The van der Waals surface area contributed by atoms with E-state index < -0.39 is 42.1 Å². The molecule has 0 spiro atoms. The first-order valence-electron chi connectivity index (χ1n) is 7.97. The largest absolute Gasteiger partial charge is 0.484 e. The number of para-hydroxylation sites is 1. The van der Waals surface area contributed by atoms with E-state index in [0.717, 1.165) is 24.3 Å². The number of hydrogen-bond donors (Lipinski definition) is 2. The van der Waals surface area contributed by atoms with Gasteiger partial charge in [0.2, 0.25) is 0 Å². The van der Waals surface area contributed by atoms with Gasteiger partial charge in [-0.25, -0.2) is 4.39 Å². The van der Waals surface area contributed by atoms with Crippen LogP contribution < -0.4 is 20.3 Å². The molecule has 0 aliphatic carbocycles. The van der Waals surface area contributed by atoms with E-state index >= 15 is 0 Å². The molecule has 150 valence electrons. The quantitative estimate of drug-likeness (QED) is 0.578. The van der Waals surface area contributed by atoms with Crippen LogP contribution in [-0.2, 0) is 15.8 Å². The number of halogens is 4. The molecule has 2 N–H and O–H groups in total. The van der Waals surface area contributed by atoms with Gasteiger partial charge < -0.3 is 9.47 Å². The number of alkyl halides is 3. The maximum Gasteiger partial charge on any atom is 0.416 e. The van der Waals surface area contributed by atoms with Crippen molar-refractivity contribution in [2.45, 2.75) is 19.2 Å². The third-order valence-corrected chi connectivity index (χ3v) is 3.37. The van der Waals surface area contributed by atoms with Crippen molar-refractivity contribution >= 4 is 11.8 Å². The molecule has 2 rings (SSSR count). The molecule has 1 atom stereocenters. The van der Waals surface area contributed by atoms with Crippen LogP contribution in [0.2, 0.25) is 0 Å². The van der Waals surface area contributed by atoms with Gasteiger partial charge >= 0.3 is 6.18 Å². The SMILES string of the molecule is C[C@H](Oc1ccccc1F)C(=O)NNC(=O)COc1cccc(C(F)(F)F)c1. The number of hydrazine groups is 1. The van der Waals surface area contributed by atoms with Gasteiger partial charge in [-0.2, -0.15) is 13.2 Å². The molecule has 0 radical (unpaired) electrons. The molecule has 0 saturated heterocycles. The molecule has 0 aliphatic rings. The van der Waals surface area contributed by atoms with Crippen LogP contribution in [0.25, 0.3) is 0 Å². The number of benzene rings is 2. The first-order valence-corrected chi connectivity index (χ1v) is 7.97. The van der Waals surface area contributed by atoms with Gasteiger partial charge in [0.15, 0.2) is 24.3 Å². The van der Waals surface area contributed by atoms with Crippen molar-refractivity contribution in [2.24, 2.45) is 0 Å². The summed E-state index contributed by atoms with van der Waals surface area (Å²) in [6, 6.07) is 9.48. The highest BCUT2D eigenvalue weighted by Crippen LogP contribution is 2.31. The summed E-state index contributed by atoms with van der Waals surface area (Å²) in [6.45, 7) is 0.706. The molecule has 0 heterocycles. The van der Waals surface area contributed by atoms with Crippen LogP contribution in [0.1, 0.15) is 12.5 Å². The molecule has 2 amide bonds. The summed E-state index contributed by atoms with van der Waals surface area (Å²) in [5, 5.41) is 0. The Hall–Kier alpha value is -3.30. The van der Waals surface area contributed by atoms with Crippen LogP contribution in [0.4, 0.5) is 17.6 Å². The minimum atomic E-state index is -4.54. The number of carbonyl (C=O) groups excluding carboxylic acids is 2. The van der Waals surface area contributed by atoms with Gasteiger partial charge in [0.1, 0.15) is 5.75 Å². The lowest BCUT2D eigenvalue weighted by molar-refractivity contribution is -0.137. The van der Waals surface area contributed by atoms with Crippen molar-refractivity contribution in [1.29, 1.82) is 0 Å². The van der Waals surface area contributed by atoms with E-state index in [4.69, 9.17) is 9.47 Å². The van der Waals surface area contributed by atoms with E-state index in [1.54, 1.807) is 0 Å². The third kappa shape index (κ3) is 6.15. The van der Waals surface area contributed by atoms with Crippen LogP contribution in [0.5, 0.6) is 11.5 Å². The molecule has 0 saturated carbocycles. The smallest absolute Gasteiger partial charge is 0.416 e. The van der Waals surface area contributed by atoms with Gasteiger partial charge in [-0.05, 0) is 37.3 Å². The fraction of sp³-hybridized carbons (Fsp3) is 0.222. The van der Waals surface area contributed by atoms with Crippen molar-refractivity contribution in [3.63, 3.8) is 0 Å². The number of carbonyl (C=O) groups is 2. The summed E-state index contributed by atoms with van der Waals surface area (Å²) in [5.74, 6) is -2.53.